The van der Waals surface area contributed by atoms with Gasteiger partial charge in [0, 0.05) is 0 Å². The summed E-state index contributed by atoms with van der Waals surface area (Å²) in [7, 11) is -1.78. The molecule has 1 atom stereocenters. The van der Waals surface area contributed by atoms with Gasteiger partial charge in [0.1, 0.15) is 5.75 Å². The molecular weight excluding hydrogens is 228 g/mol. The predicted molar refractivity (Wildman–Crippen MR) is 62.1 cm³/mol. The Morgan fingerprint density at radius 1 is 1.25 bits per heavy atom. The first-order valence-electron chi connectivity index (χ1n) is 4.92. The van der Waals surface area contributed by atoms with E-state index in [0.717, 1.165) is 17.6 Å². The van der Waals surface area contributed by atoms with Gasteiger partial charge in [0.15, 0.2) is 0 Å². The maximum Gasteiger partial charge on any atom is 0.264 e. The highest BCUT2D eigenvalue weighted by atomic mass is 32.2. The second-order valence-electron chi connectivity index (χ2n) is 3.66. The van der Waals surface area contributed by atoms with Gasteiger partial charge in [-0.25, -0.2) is 0 Å². The average molecular weight is 244 g/mol. The normalized spacial score (nSPS) is 13.4. The van der Waals surface area contributed by atoms with Crippen molar-refractivity contribution in [3.05, 3.63) is 29.8 Å². The fourth-order valence-corrected chi connectivity index (χ4v) is 2.09. The summed E-state index contributed by atoms with van der Waals surface area (Å²) in [6.45, 7) is 1.73. The van der Waals surface area contributed by atoms with E-state index >= 15 is 0 Å². The smallest absolute Gasteiger partial charge is 0.264 e. The molecule has 1 aromatic carbocycles. The minimum absolute atomic E-state index is 0.358. The molecule has 5 heteroatoms. The van der Waals surface area contributed by atoms with Crippen molar-refractivity contribution in [1.82, 2.24) is 0 Å². The summed E-state index contributed by atoms with van der Waals surface area (Å²) in [5.74, 6) is 0.778. The van der Waals surface area contributed by atoms with Crippen molar-refractivity contribution >= 4 is 10.1 Å². The third-order valence-corrected chi connectivity index (χ3v) is 2.70. The largest absolute Gasteiger partial charge is 0.497 e. The molecule has 1 aromatic rings. The number of ether oxygens (including phenoxy) is 1. The van der Waals surface area contributed by atoms with Crippen LogP contribution in [0.1, 0.15) is 12.5 Å². The minimum atomic E-state index is -3.38. The lowest BCUT2D eigenvalue weighted by atomic mass is 10.1. The molecule has 1 rings (SSSR count). The molecule has 0 aliphatic carbocycles. The Balaban J connectivity index is 2.59. The molecule has 0 bridgehead atoms. The van der Waals surface area contributed by atoms with Crippen molar-refractivity contribution < 1.29 is 17.3 Å². The Morgan fingerprint density at radius 3 is 2.25 bits per heavy atom. The van der Waals surface area contributed by atoms with Crippen LogP contribution in [0.25, 0.3) is 0 Å². The van der Waals surface area contributed by atoms with E-state index in [0.29, 0.717) is 6.42 Å². The van der Waals surface area contributed by atoms with Crippen LogP contribution in [0.3, 0.4) is 0 Å². The fourth-order valence-electron chi connectivity index (χ4n) is 1.43. The van der Waals surface area contributed by atoms with Crippen LogP contribution in [0.4, 0.5) is 0 Å². The van der Waals surface area contributed by atoms with E-state index in [4.69, 9.17) is 8.92 Å². The van der Waals surface area contributed by atoms with Gasteiger partial charge in [-0.2, -0.15) is 8.42 Å². The molecule has 16 heavy (non-hydrogen) atoms. The van der Waals surface area contributed by atoms with E-state index in [-0.39, 0.29) is 6.10 Å². The highest BCUT2D eigenvalue weighted by Crippen LogP contribution is 2.14. The summed E-state index contributed by atoms with van der Waals surface area (Å²) in [6, 6.07) is 7.45. The van der Waals surface area contributed by atoms with Gasteiger partial charge in [0.25, 0.3) is 10.1 Å². The predicted octanol–water partition coefficient (Wildman–Crippen LogP) is 1.60. The summed E-state index contributed by atoms with van der Waals surface area (Å²) in [5, 5.41) is 0. The molecule has 0 fully saturated rings. The van der Waals surface area contributed by atoms with Gasteiger partial charge in [-0.15, -0.1) is 0 Å². The summed E-state index contributed by atoms with van der Waals surface area (Å²) in [6.07, 6.45) is 1.25. The number of hydrogen-bond acceptors (Lipinski definition) is 4. The molecule has 0 aliphatic heterocycles. The van der Waals surface area contributed by atoms with Gasteiger partial charge in [-0.05, 0) is 31.0 Å². The number of rotatable bonds is 5. The second-order valence-corrected chi connectivity index (χ2v) is 5.26. The monoisotopic (exact) mass is 244 g/mol. The quantitative estimate of drug-likeness (QED) is 0.738. The molecule has 0 aromatic heterocycles. The summed E-state index contributed by atoms with van der Waals surface area (Å²) >= 11 is 0. The second kappa shape index (κ2) is 5.32. The first kappa shape index (κ1) is 13.0. The Bertz CT molecular complexity index is 422. The van der Waals surface area contributed by atoms with E-state index in [1.165, 1.54) is 0 Å². The lowest BCUT2D eigenvalue weighted by molar-refractivity contribution is 0.232. The van der Waals surface area contributed by atoms with Crippen molar-refractivity contribution in [3.63, 3.8) is 0 Å². The summed E-state index contributed by atoms with van der Waals surface area (Å²) < 4.78 is 31.6. The Morgan fingerprint density at radius 2 is 1.81 bits per heavy atom. The maximum atomic E-state index is 10.9. The van der Waals surface area contributed by atoms with Crippen LogP contribution in [-0.4, -0.2) is 27.9 Å². The zero-order chi connectivity index (χ0) is 12.2. The van der Waals surface area contributed by atoms with Crippen molar-refractivity contribution in [2.24, 2.45) is 0 Å². The van der Waals surface area contributed by atoms with E-state index in [2.05, 4.69) is 0 Å². The molecule has 4 nitrogen and oxygen atoms in total. The molecule has 0 saturated heterocycles. The molecule has 0 saturated carbocycles. The topological polar surface area (TPSA) is 52.6 Å². The van der Waals surface area contributed by atoms with Crippen molar-refractivity contribution in [2.45, 2.75) is 19.4 Å². The highest BCUT2D eigenvalue weighted by molar-refractivity contribution is 7.86. The minimum Gasteiger partial charge on any atom is -0.497 e. The molecule has 0 radical (unpaired) electrons. The van der Waals surface area contributed by atoms with Gasteiger partial charge < -0.3 is 4.74 Å². The average Bonchev–Trinajstić information content (AvgIpc) is 2.16. The van der Waals surface area contributed by atoms with E-state index in [1.54, 1.807) is 14.0 Å². The van der Waals surface area contributed by atoms with Crippen LogP contribution < -0.4 is 4.74 Å². The SMILES string of the molecule is COc1ccc(CC(C)OS(C)(=O)=O)cc1. The van der Waals surface area contributed by atoms with Crippen LogP contribution in [0.15, 0.2) is 24.3 Å². The highest BCUT2D eigenvalue weighted by Gasteiger charge is 2.10. The number of benzene rings is 1. The first-order chi connectivity index (χ1) is 7.40. The van der Waals surface area contributed by atoms with Crippen LogP contribution in [0.2, 0.25) is 0 Å². The molecule has 90 valence electrons. The molecule has 0 spiro atoms. The lowest BCUT2D eigenvalue weighted by Gasteiger charge is -2.11. The van der Waals surface area contributed by atoms with Crippen LogP contribution in [0.5, 0.6) is 5.75 Å². The fraction of sp³-hybridized carbons (Fsp3) is 0.455. The van der Waals surface area contributed by atoms with Gasteiger partial charge >= 0.3 is 0 Å². The number of methoxy groups -OCH3 is 1. The first-order valence-corrected chi connectivity index (χ1v) is 6.73. The summed E-state index contributed by atoms with van der Waals surface area (Å²) in [4.78, 5) is 0. The van der Waals surface area contributed by atoms with Crippen molar-refractivity contribution in [2.75, 3.05) is 13.4 Å². The Kier molecular flexibility index (Phi) is 4.32. The van der Waals surface area contributed by atoms with Gasteiger partial charge in [-0.1, -0.05) is 12.1 Å². The molecular formula is C11H16O4S. The zero-order valence-electron chi connectivity index (χ0n) is 9.64. The van der Waals surface area contributed by atoms with Crippen molar-refractivity contribution in [1.29, 1.82) is 0 Å². The Labute approximate surface area is 96.3 Å². The van der Waals surface area contributed by atoms with Crippen LogP contribution >= 0.6 is 0 Å². The van der Waals surface area contributed by atoms with Crippen LogP contribution in [0, 0.1) is 0 Å². The Hall–Kier alpha value is -1.07. The molecule has 0 N–H and O–H groups in total. The van der Waals surface area contributed by atoms with Gasteiger partial charge in [0.05, 0.1) is 19.5 Å². The number of hydrogen-bond donors (Lipinski definition) is 0. The standard InChI is InChI=1S/C11H16O4S/c1-9(15-16(3,12)13)8-10-4-6-11(14-2)7-5-10/h4-7,9H,8H2,1-3H3. The lowest BCUT2D eigenvalue weighted by Crippen LogP contribution is -2.16. The van der Waals surface area contributed by atoms with E-state index in [9.17, 15) is 8.42 Å². The van der Waals surface area contributed by atoms with Crippen LogP contribution in [-0.2, 0) is 20.7 Å². The molecule has 0 aliphatic rings. The molecule has 1 unspecified atom stereocenters. The van der Waals surface area contributed by atoms with Gasteiger partial charge in [0.2, 0.25) is 0 Å². The van der Waals surface area contributed by atoms with E-state index < -0.39 is 10.1 Å². The zero-order valence-corrected chi connectivity index (χ0v) is 10.5. The molecule has 0 amide bonds. The maximum absolute atomic E-state index is 10.9. The van der Waals surface area contributed by atoms with Gasteiger partial charge in [-0.3, -0.25) is 4.18 Å². The molecule has 0 heterocycles. The van der Waals surface area contributed by atoms with E-state index in [1.807, 2.05) is 24.3 Å². The summed E-state index contributed by atoms with van der Waals surface area (Å²) in [5.41, 5.74) is 1.01. The third kappa shape index (κ3) is 4.63. The van der Waals surface area contributed by atoms with Crippen molar-refractivity contribution in [3.8, 4) is 5.75 Å². The third-order valence-electron chi connectivity index (χ3n) is 2.02.